The van der Waals surface area contributed by atoms with E-state index in [2.05, 4.69) is 9.97 Å². The number of alkyl halides is 3. The minimum atomic E-state index is -4.35. The maximum Gasteiger partial charge on any atom is 0.394 e. The second kappa shape index (κ2) is 7.58. The molecule has 0 aliphatic heterocycles. The molecule has 2 aromatic carbocycles. The van der Waals surface area contributed by atoms with Crippen LogP contribution in [0.4, 0.5) is 13.2 Å². The first-order valence-corrected chi connectivity index (χ1v) is 8.97. The highest BCUT2D eigenvalue weighted by Crippen LogP contribution is 2.36. The Labute approximate surface area is 165 Å². The molecule has 0 saturated heterocycles. The van der Waals surface area contributed by atoms with Gasteiger partial charge in [0.25, 0.3) is 0 Å². The molecule has 148 valence electrons. The van der Waals surface area contributed by atoms with Crippen molar-refractivity contribution >= 4 is 11.0 Å². The molecule has 0 saturated carbocycles. The van der Waals surface area contributed by atoms with Crippen LogP contribution in [0.5, 0.6) is 5.75 Å². The molecule has 4 aromatic rings. The zero-order chi connectivity index (χ0) is 20.4. The number of aryl methyl sites for hydroxylation is 1. The van der Waals surface area contributed by atoms with E-state index in [9.17, 15) is 13.2 Å². The van der Waals surface area contributed by atoms with Gasteiger partial charge in [-0.05, 0) is 30.7 Å². The summed E-state index contributed by atoms with van der Waals surface area (Å²) in [6.07, 6.45) is -2.91. The molecule has 0 atom stereocenters. The van der Waals surface area contributed by atoms with Gasteiger partial charge in [-0.2, -0.15) is 13.2 Å². The van der Waals surface area contributed by atoms with Gasteiger partial charge >= 0.3 is 6.18 Å². The second-order valence-electron chi connectivity index (χ2n) is 6.65. The number of benzene rings is 2. The molecule has 0 N–H and O–H groups in total. The number of halogens is 3. The first-order valence-electron chi connectivity index (χ1n) is 8.97. The molecule has 2 heterocycles. The van der Waals surface area contributed by atoms with Crippen LogP contribution in [0.3, 0.4) is 0 Å². The third-order valence-corrected chi connectivity index (χ3v) is 4.41. The Kier molecular flexibility index (Phi) is 4.96. The summed E-state index contributed by atoms with van der Waals surface area (Å²) >= 11 is 0. The van der Waals surface area contributed by atoms with Crippen molar-refractivity contribution < 1.29 is 22.3 Å². The minimum Gasteiger partial charge on any atom is -0.489 e. The van der Waals surface area contributed by atoms with Crippen molar-refractivity contribution in [2.75, 3.05) is 0 Å². The summed E-state index contributed by atoms with van der Waals surface area (Å²) in [5, 5.41) is 0.714. The lowest BCUT2D eigenvalue weighted by Crippen LogP contribution is -2.13. The Balaban J connectivity index is 1.67. The first-order chi connectivity index (χ1) is 13.9. The van der Waals surface area contributed by atoms with E-state index in [0.717, 1.165) is 11.8 Å². The first kappa shape index (κ1) is 19.0. The summed E-state index contributed by atoms with van der Waals surface area (Å²) in [6, 6.07) is 15.1. The third kappa shape index (κ3) is 4.39. The fraction of sp³-hybridized carbons (Fsp3) is 0.182. The Morgan fingerprint density at radius 3 is 2.59 bits per heavy atom. The van der Waals surface area contributed by atoms with Crippen molar-refractivity contribution in [2.24, 2.45) is 0 Å². The van der Waals surface area contributed by atoms with Gasteiger partial charge in [-0.25, -0.2) is 4.98 Å². The van der Waals surface area contributed by atoms with Gasteiger partial charge in [-0.1, -0.05) is 30.3 Å². The highest BCUT2D eigenvalue weighted by Gasteiger charge is 2.29. The predicted octanol–water partition coefficient (Wildman–Crippen LogP) is 5.88. The van der Waals surface area contributed by atoms with Crippen molar-refractivity contribution in [3.8, 4) is 17.0 Å². The standard InChI is InChI=1S/C22H17F3N2O2/c1-14-21(19-12-26-11-16(27-19)10-22(23,24)25)18-9-17(7-8-20(18)29-14)28-13-15-5-3-2-4-6-15/h2-9,11-12H,10,13H2,1H3. The molecule has 0 aliphatic carbocycles. The second-order valence-corrected chi connectivity index (χ2v) is 6.65. The van der Waals surface area contributed by atoms with Crippen LogP contribution in [0, 0.1) is 6.92 Å². The summed E-state index contributed by atoms with van der Waals surface area (Å²) < 4.78 is 49.8. The van der Waals surface area contributed by atoms with Crippen molar-refractivity contribution in [2.45, 2.75) is 26.1 Å². The van der Waals surface area contributed by atoms with Crippen molar-refractivity contribution in [3.63, 3.8) is 0 Å². The molecule has 4 rings (SSSR count). The van der Waals surface area contributed by atoms with Crippen molar-refractivity contribution in [1.29, 1.82) is 0 Å². The van der Waals surface area contributed by atoms with E-state index in [-0.39, 0.29) is 5.69 Å². The van der Waals surface area contributed by atoms with E-state index < -0.39 is 12.6 Å². The summed E-state index contributed by atoms with van der Waals surface area (Å²) in [7, 11) is 0. The number of fused-ring (bicyclic) bond motifs is 1. The fourth-order valence-corrected chi connectivity index (χ4v) is 3.17. The third-order valence-electron chi connectivity index (χ3n) is 4.41. The van der Waals surface area contributed by atoms with Crippen molar-refractivity contribution in [3.05, 3.63) is 77.9 Å². The molecule has 4 nitrogen and oxygen atoms in total. The number of aromatic nitrogens is 2. The van der Waals surface area contributed by atoms with Crippen molar-refractivity contribution in [1.82, 2.24) is 9.97 Å². The number of hydrogen-bond donors (Lipinski definition) is 0. The zero-order valence-electron chi connectivity index (χ0n) is 15.5. The SMILES string of the molecule is Cc1oc2ccc(OCc3ccccc3)cc2c1-c1cncc(CC(F)(F)F)n1. The van der Waals surface area contributed by atoms with Crippen LogP contribution in [0.2, 0.25) is 0 Å². The number of ether oxygens (including phenoxy) is 1. The molecule has 29 heavy (non-hydrogen) atoms. The smallest absolute Gasteiger partial charge is 0.394 e. The number of rotatable bonds is 5. The normalized spacial score (nSPS) is 11.7. The number of nitrogens with zero attached hydrogens (tertiary/aromatic N) is 2. The molecule has 0 radical (unpaired) electrons. The van der Waals surface area contributed by atoms with Gasteiger partial charge in [0.2, 0.25) is 0 Å². The molecule has 0 aliphatic rings. The van der Waals surface area contributed by atoms with Gasteiger partial charge in [-0.3, -0.25) is 4.98 Å². The molecular weight excluding hydrogens is 381 g/mol. The average Bonchev–Trinajstić information content (AvgIpc) is 3.01. The van der Waals surface area contributed by atoms with Gasteiger partial charge in [0.05, 0.1) is 29.6 Å². The summed E-state index contributed by atoms with van der Waals surface area (Å²) in [5.74, 6) is 1.18. The average molecular weight is 398 g/mol. The Morgan fingerprint density at radius 1 is 1.03 bits per heavy atom. The molecule has 0 unspecified atom stereocenters. The van der Waals surface area contributed by atoms with E-state index in [1.54, 1.807) is 19.1 Å². The lowest BCUT2D eigenvalue weighted by atomic mass is 10.1. The van der Waals surface area contributed by atoms with Gasteiger partial charge in [0.1, 0.15) is 23.7 Å². The van der Waals surface area contributed by atoms with Crippen LogP contribution in [-0.4, -0.2) is 16.1 Å². The van der Waals surface area contributed by atoms with E-state index in [4.69, 9.17) is 9.15 Å². The number of hydrogen-bond acceptors (Lipinski definition) is 4. The molecule has 0 bridgehead atoms. The maximum atomic E-state index is 12.7. The lowest BCUT2D eigenvalue weighted by Gasteiger charge is -2.08. The molecule has 0 spiro atoms. The Hall–Kier alpha value is -3.35. The van der Waals surface area contributed by atoms with Crippen LogP contribution in [0.1, 0.15) is 17.0 Å². The van der Waals surface area contributed by atoms with Crippen LogP contribution in [-0.2, 0) is 13.0 Å². The molecule has 0 fully saturated rings. The summed E-state index contributed by atoms with van der Waals surface area (Å²) in [4.78, 5) is 8.09. The van der Waals surface area contributed by atoms with Crippen LogP contribution >= 0.6 is 0 Å². The van der Waals surface area contributed by atoms with Gasteiger partial charge in [0.15, 0.2) is 0 Å². The van der Waals surface area contributed by atoms with Crippen LogP contribution in [0.15, 0.2) is 65.3 Å². The Morgan fingerprint density at radius 2 is 1.83 bits per heavy atom. The van der Waals surface area contributed by atoms with E-state index in [1.165, 1.54) is 6.20 Å². The van der Waals surface area contributed by atoms with E-state index in [0.29, 0.717) is 40.3 Å². The molecule has 2 aromatic heterocycles. The quantitative estimate of drug-likeness (QED) is 0.421. The minimum absolute atomic E-state index is 0.139. The number of furan rings is 1. The van der Waals surface area contributed by atoms with E-state index in [1.807, 2.05) is 36.4 Å². The van der Waals surface area contributed by atoms with Gasteiger partial charge < -0.3 is 9.15 Å². The van der Waals surface area contributed by atoms with Gasteiger partial charge in [-0.15, -0.1) is 0 Å². The van der Waals surface area contributed by atoms with Gasteiger partial charge in [0, 0.05) is 11.6 Å². The monoisotopic (exact) mass is 398 g/mol. The predicted molar refractivity (Wildman–Crippen MR) is 103 cm³/mol. The zero-order valence-corrected chi connectivity index (χ0v) is 15.5. The molecule has 7 heteroatoms. The largest absolute Gasteiger partial charge is 0.489 e. The summed E-state index contributed by atoms with van der Waals surface area (Å²) in [6.45, 7) is 2.15. The highest BCUT2D eigenvalue weighted by atomic mass is 19.4. The van der Waals surface area contributed by atoms with Crippen LogP contribution in [0.25, 0.3) is 22.2 Å². The highest BCUT2D eigenvalue weighted by molar-refractivity contribution is 5.95. The molecule has 0 amide bonds. The molecular formula is C22H17F3N2O2. The fourth-order valence-electron chi connectivity index (χ4n) is 3.17. The summed E-state index contributed by atoms with van der Waals surface area (Å²) in [5.41, 5.74) is 2.44. The Bertz CT molecular complexity index is 1140. The lowest BCUT2D eigenvalue weighted by molar-refractivity contribution is -0.127. The van der Waals surface area contributed by atoms with E-state index >= 15 is 0 Å². The topological polar surface area (TPSA) is 48.2 Å². The maximum absolute atomic E-state index is 12.7. The van der Waals surface area contributed by atoms with Crippen LogP contribution < -0.4 is 4.74 Å².